The Morgan fingerprint density at radius 1 is 1.32 bits per heavy atom. The molecular formula is C10H6N4O4S. The second kappa shape index (κ2) is 5.40. The molecule has 0 aliphatic carbocycles. The molecule has 9 heteroatoms. The van der Waals surface area contributed by atoms with Crippen LogP contribution in [0.2, 0.25) is 0 Å². The quantitative estimate of drug-likeness (QED) is 0.509. The third-order valence-electron chi connectivity index (χ3n) is 1.98. The van der Waals surface area contributed by atoms with Crippen LogP contribution in [0.3, 0.4) is 0 Å². The predicted molar refractivity (Wildman–Crippen MR) is 64.0 cm³/mol. The number of aromatic nitrogens is 3. The average Bonchev–Trinajstić information content (AvgIpc) is 2.39. The van der Waals surface area contributed by atoms with Crippen LogP contribution in [0, 0.1) is 10.1 Å². The van der Waals surface area contributed by atoms with E-state index in [1.807, 2.05) is 0 Å². The second-order valence-corrected chi connectivity index (χ2v) is 4.31. The van der Waals surface area contributed by atoms with E-state index in [1.165, 1.54) is 12.3 Å². The maximum Gasteiger partial charge on any atom is 0.354 e. The number of aromatic carboxylic acids is 1. The van der Waals surface area contributed by atoms with E-state index in [1.54, 1.807) is 6.07 Å². The lowest BCUT2D eigenvalue weighted by molar-refractivity contribution is -0.385. The first-order chi connectivity index (χ1) is 9.06. The molecule has 0 aliphatic rings. The Morgan fingerprint density at radius 2 is 2.00 bits per heavy atom. The Bertz CT molecular complexity index is 632. The lowest BCUT2D eigenvalue weighted by atomic mass is 10.4. The summed E-state index contributed by atoms with van der Waals surface area (Å²) in [6, 6.07) is 2.97. The highest BCUT2D eigenvalue weighted by atomic mass is 32.2. The van der Waals surface area contributed by atoms with E-state index in [0.717, 1.165) is 24.2 Å². The maximum absolute atomic E-state index is 10.7. The first-order valence-corrected chi connectivity index (χ1v) is 5.71. The minimum absolute atomic E-state index is 0.0908. The van der Waals surface area contributed by atoms with Gasteiger partial charge in [-0.1, -0.05) is 0 Å². The summed E-state index contributed by atoms with van der Waals surface area (Å²) in [4.78, 5) is 32.5. The zero-order chi connectivity index (χ0) is 13.8. The normalized spacial score (nSPS) is 10.1. The summed E-state index contributed by atoms with van der Waals surface area (Å²) < 4.78 is 0. The van der Waals surface area contributed by atoms with Gasteiger partial charge < -0.3 is 5.11 Å². The molecule has 19 heavy (non-hydrogen) atoms. The SMILES string of the molecule is O=C(O)c1cc(Sc2ncc([N+](=O)[O-])cn2)ccn1. The molecule has 0 fully saturated rings. The van der Waals surface area contributed by atoms with E-state index < -0.39 is 10.9 Å². The van der Waals surface area contributed by atoms with Crippen molar-refractivity contribution < 1.29 is 14.8 Å². The van der Waals surface area contributed by atoms with Gasteiger partial charge >= 0.3 is 11.7 Å². The van der Waals surface area contributed by atoms with Crippen LogP contribution in [0.1, 0.15) is 10.5 Å². The van der Waals surface area contributed by atoms with Gasteiger partial charge in [0, 0.05) is 11.1 Å². The van der Waals surface area contributed by atoms with Gasteiger partial charge in [0.2, 0.25) is 0 Å². The standard InChI is InChI=1S/C10H6N4O4S/c15-9(16)8-3-7(1-2-11-8)19-10-12-4-6(5-13-10)14(17)18/h1-5H,(H,15,16). The van der Waals surface area contributed by atoms with Gasteiger partial charge in [0.1, 0.15) is 18.1 Å². The molecule has 0 aromatic carbocycles. The Morgan fingerprint density at radius 3 is 2.58 bits per heavy atom. The molecule has 0 spiro atoms. The number of rotatable bonds is 4. The zero-order valence-electron chi connectivity index (χ0n) is 9.26. The molecule has 0 atom stereocenters. The zero-order valence-corrected chi connectivity index (χ0v) is 10.1. The third kappa shape index (κ3) is 3.22. The molecule has 0 unspecified atom stereocenters. The number of carbonyl (C=O) groups is 1. The van der Waals surface area contributed by atoms with E-state index in [9.17, 15) is 14.9 Å². The van der Waals surface area contributed by atoms with Crippen LogP contribution in [0.25, 0.3) is 0 Å². The number of carboxylic acid groups (broad SMARTS) is 1. The molecule has 2 heterocycles. The van der Waals surface area contributed by atoms with E-state index in [-0.39, 0.29) is 16.5 Å². The van der Waals surface area contributed by atoms with Gasteiger partial charge in [-0.15, -0.1) is 0 Å². The number of hydrogen-bond donors (Lipinski definition) is 1. The monoisotopic (exact) mass is 278 g/mol. The van der Waals surface area contributed by atoms with Crippen LogP contribution in [0.4, 0.5) is 5.69 Å². The topological polar surface area (TPSA) is 119 Å². The van der Waals surface area contributed by atoms with Gasteiger partial charge in [-0.05, 0) is 23.9 Å². The highest BCUT2D eigenvalue weighted by molar-refractivity contribution is 7.99. The summed E-state index contributed by atoms with van der Waals surface area (Å²) in [5.74, 6) is -1.13. The molecule has 0 saturated heterocycles. The van der Waals surface area contributed by atoms with Crippen LogP contribution >= 0.6 is 11.8 Å². The van der Waals surface area contributed by atoms with Crippen molar-refractivity contribution in [3.63, 3.8) is 0 Å². The highest BCUT2D eigenvalue weighted by Gasteiger charge is 2.09. The lowest BCUT2D eigenvalue weighted by Crippen LogP contribution is -1.99. The summed E-state index contributed by atoms with van der Waals surface area (Å²) in [5, 5.41) is 19.5. The largest absolute Gasteiger partial charge is 0.477 e. The average molecular weight is 278 g/mol. The molecule has 96 valence electrons. The minimum atomic E-state index is -1.13. The van der Waals surface area contributed by atoms with E-state index in [0.29, 0.717) is 4.90 Å². The Kier molecular flexibility index (Phi) is 3.66. The smallest absolute Gasteiger partial charge is 0.354 e. The molecule has 0 amide bonds. The number of nitro groups is 1. The molecule has 1 N–H and O–H groups in total. The van der Waals surface area contributed by atoms with Gasteiger partial charge in [0.05, 0.1) is 4.92 Å². The van der Waals surface area contributed by atoms with Crippen LogP contribution < -0.4 is 0 Å². The summed E-state index contributed by atoms with van der Waals surface area (Å²) >= 11 is 1.09. The van der Waals surface area contributed by atoms with Crippen molar-refractivity contribution in [2.45, 2.75) is 10.1 Å². The molecular weight excluding hydrogens is 272 g/mol. The summed E-state index contributed by atoms with van der Waals surface area (Å²) in [7, 11) is 0. The molecule has 8 nitrogen and oxygen atoms in total. The van der Waals surface area contributed by atoms with E-state index in [2.05, 4.69) is 15.0 Å². The van der Waals surface area contributed by atoms with Crippen molar-refractivity contribution in [2.75, 3.05) is 0 Å². The fraction of sp³-hybridized carbons (Fsp3) is 0. The van der Waals surface area contributed by atoms with Crippen molar-refractivity contribution in [3.8, 4) is 0 Å². The van der Waals surface area contributed by atoms with Crippen molar-refractivity contribution >= 4 is 23.4 Å². The van der Waals surface area contributed by atoms with Crippen molar-refractivity contribution in [1.29, 1.82) is 0 Å². The lowest BCUT2D eigenvalue weighted by Gasteiger charge is -2.00. The van der Waals surface area contributed by atoms with Gasteiger partial charge in [-0.2, -0.15) is 0 Å². The molecule has 0 radical (unpaired) electrons. The number of carboxylic acids is 1. The molecule has 0 saturated carbocycles. The fourth-order valence-corrected chi connectivity index (χ4v) is 1.87. The summed E-state index contributed by atoms with van der Waals surface area (Å²) in [6.45, 7) is 0. The van der Waals surface area contributed by atoms with Gasteiger partial charge in [-0.25, -0.2) is 19.7 Å². The number of nitrogens with zero attached hydrogens (tertiary/aromatic N) is 4. The molecule has 0 bridgehead atoms. The Balaban J connectivity index is 2.19. The maximum atomic E-state index is 10.7. The Labute approximate surface area is 110 Å². The third-order valence-corrected chi connectivity index (χ3v) is 2.87. The molecule has 0 aliphatic heterocycles. The molecule has 2 rings (SSSR count). The Hall–Kier alpha value is -2.55. The van der Waals surface area contributed by atoms with Gasteiger partial charge in [-0.3, -0.25) is 10.1 Å². The van der Waals surface area contributed by atoms with Crippen molar-refractivity contribution in [1.82, 2.24) is 15.0 Å². The minimum Gasteiger partial charge on any atom is -0.477 e. The fourth-order valence-electron chi connectivity index (χ4n) is 1.15. The van der Waals surface area contributed by atoms with Crippen LogP contribution in [0.15, 0.2) is 40.8 Å². The second-order valence-electron chi connectivity index (χ2n) is 3.26. The predicted octanol–water partition coefficient (Wildman–Crippen LogP) is 1.63. The molecule has 2 aromatic rings. The first-order valence-electron chi connectivity index (χ1n) is 4.90. The van der Waals surface area contributed by atoms with Crippen LogP contribution in [0.5, 0.6) is 0 Å². The number of pyridine rings is 1. The van der Waals surface area contributed by atoms with Gasteiger partial charge in [0.15, 0.2) is 5.16 Å². The van der Waals surface area contributed by atoms with Crippen LogP contribution in [-0.4, -0.2) is 31.0 Å². The first kappa shape index (κ1) is 12.9. The summed E-state index contributed by atoms with van der Waals surface area (Å²) in [5.41, 5.74) is -0.294. The van der Waals surface area contributed by atoms with E-state index in [4.69, 9.17) is 5.11 Å². The summed E-state index contributed by atoms with van der Waals surface area (Å²) in [6.07, 6.45) is 3.54. The van der Waals surface area contributed by atoms with Gasteiger partial charge in [0.25, 0.3) is 0 Å². The van der Waals surface area contributed by atoms with E-state index >= 15 is 0 Å². The van der Waals surface area contributed by atoms with Crippen molar-refractivity contribution in [3.05, 3.63) is 46.5 Å². The van der Waals surface area contributed by atoms with Crippen molar-refractivity contribution in [2.24, 2.45) is 0 Å². The van der Waals surface area contributed by atoms with Crippen LogP contribution in [-0.2, 0) is 0 Å². The number of hydrogen-bond acceptors (Lipinski definition) is 7. The molecule has 2 aromatic heterocycles. The highest BCUT2D eigenvalue weighted by Crippen LogP contribution is 2.24.